The molecule has 6 nitrogen and oxygen atoms in total. The maximum absolute atomic E-state index is 5.47. The summed E-state index contributed by atoms with van der Waals surface area (Å²) in [5, 5.41) is 6.57. The van der Waals surface area contributed by atoms with Gasteiger partial charge in [-0.15, -0.1) is 0 Å². The third-order valence-corrected chi connectivity index (χ3v) is 4.69. The van der Waals surface area contributed by atoms with Gasteiger partial charge in [0.05, 0.1) is 6.61 Å². The number of nitrogens with one attached hydrogen (secondary N) is 2. The van der Waals surface area contributed by atoms with Gasteiger partial charge in [0.1, 0.15) is 11.6 Å². The highest BCUT2D eigenvalue weighted by molar-refractivity contribution is 5.62. The summed E-state index contributed by atoms with van der Waals surface area (Å²) >= 11 is 0. The minimum atomic E-state index is 0.560. The summed E-state index contributed by atoms with van der Waals surface area (Å²) in [5.74, 6) is 2.15. The minimum absolute atomic E-state index is 0.560. The van der Waals surface area contributed by atoms with Gasteiger partial charge in [0.2, 0.25) is 5.95 Å². The van der Waals surface area contributed by atoms with Gasteiger partial charge in [-0.3, -0.25) is 0 Å². The molecule has 0 bridgehead atoms. The van der Waals surface area contributed by atoms with Crippen LogP contribution in [0.25, 0.3) is 0 Å². The van der Waals surface area contributed by atoms with E-state index >= 15 is 0 Å². The summed E-state index contributed by atoms with van der Waals surface area (Å²) in [4.78, 5) is 11.3. The van der Waals surface area contributed by atoms with Crippen molar-refractivity contribution in [1.82, 2.24) is 9.97 Å². The molecular formula is C22H25N5O. The van der Waals surface area contributed by atoms with Crippen LogP contribution in [0.3, 0.4) is 0 Å². The van der Waals surface area contributed by atoms with Gasteiger partial charge in [-0.2, -0.15) is 4.98 Å². The van der Waals surface area contributed by atoms with Crippen molar-refractivity contribution < 1.29 is 4.74 Å². The fraction of sp³-hybridized carbons (Fsp3) is 0.273. The molecule has 1 aliphatic heterocycles. The Labute approximate surface area is 165 Å². The third kappa shape index (κ3) is 4.52. The normalized spacial score (nSPS) is 13.4. The van der Waals surface area contributed by atoms with E-state index in [1.165, 1.54) is 18.5 Å². The Morgan fingerprint density at radius 2 is 1.57 bits per heavy atom. The molecule has 2 N–H and O–H groups in total. The first-order valence-corrected chi connectivity index (χ1v) is 9.75. The topological polar surface area (TPSA) is 62.3 Å². The number of hydrogen-bond acceptors (Lipinski definition) is 6. The third-order valence-electron chi connectivity index (χ3n) is 4.69. The molecule has 6 heteroatoms. The average Bonchev–Trinajstić information content (AvgIpc) is 3.26. The Morgan fingerprint density at radius 3 is 2.29 bits per heavy atom. The number of ether oxygens (including phenoxy) is 1. The van der Waals surface area contributed by atoms with E-state index in [1.54, 1.807) is 6.20 Å². The molecule has 0 amide bonds. The molecule has 28 heavy (non-hydrogen) atoms. The van der Waals surface area contributed by atoms with Crippen molar-refractivity contribution in [3.8, 4) is 5.75 Å². The quantitative estimate of drug-likeness (QED) is 0.608. The van der Waals surface area contributed by atoms with Gasteiger partial charge in [0.25, 0.3) is 0 Å². The molecule has 0 saturated carbocycles. The van der Waals surface area contributed by atoms with E-state index in [0.717, 1.165) is 36.0 Å². The lowest BCUT2D eigenvalue weighted by Gasteiger charge is -2.17. The van der Waals surface area contributed by atoms with Gasteiger partial charge in [0, 0.05) is 36.3 Å². The summed E-state index contributed by atoms with van der Waals surface area (Å²) < 4.78 is 5.47. The van der Waals surface area contributed by atoms with Crippen LogP contribution in [0.5, 0.6) is 5.75 Å². The van der Waals surface area contributed by atoms with Gasteiger partial charge < -0.3 is 20.3 Å². The van der Waals surface area contributed by atoms with Crippen LogP contribution in [-0.4, -0.2) is 29.7 Å². The molecule has 0 aliphatic carbocycles. The Balaban J connectivity index is 1.40. The molecular weight excluding hydrogens is 350 g/mol. The number of hydrogen-bond donors (Lipinski definition) is 2. The number of rotatable bonds is 7. The maximum Gasteiger partial charge on any atom is 0.229 e. The molecule has 0 spiro atoms. The summed E-state index contributed by atoms with van der Waals surface area (Å²) in [7, 11) is 0. The Hall–Kier alpha value is -3.28. The molecule has 1 aromatic heterocycles. The van der Waals surface area contributed by atoms with Crippen molar-refractivity contribution in [1.29, 1.82) is 0 Å². The predicted octanol–water partition coefficient (Wildman–Crippen LogP) is 4.96. The molecule has 2 aromatic carbocycles. The lowest BCUT2D eigenvalue weighted by Crippen LogP contribution is -2.17. The van der Waals surface area contributed by atoms with Gasteiger partial charge in [-0.1, -0.05) is 0 Å². The van der Waals surface area contributed by atoms with E-state index in [2.05, 4.69) is 49.8 Å². The van der Waals surface area contributed by atoms with Crippen molar-refractivity contribution in [3.05, 3.63) is 60.8 Å². The zero-order chi connectivity index (χ0) is 19.2. The van der Waals surface area contributed by atoms with E-state index < -0.39 is 0 Å². The Morgan fingerprint density at radius 1 is 0.893 bits per heavy atom. The van der Waals surface area contributed by atoms with Gasteiger partial charge in [0.15, 0.2) is 0 Å². The number of nitrogens with zero attached hydrogens (tertiary/aromatic N) is 3. The first-order chi connectivity index (χ1) is 13.8. The highest BCUT2D eigenvalue weighted by Gasteiger charge is 2.11. The van der Waals surface area contributed by atoms with Crippen LogP contribution in [0.15, 0.2) is 60.8 Å². The highest BCUT2D eigenvalue weighted by Crippen LogP contribution is 2.24. The van der Waals surface area contributed by atoms with E-state index in [9.17, 15) is 0 Å². The Kier molecular flexibility index (Phi) is 5.56. The lowest BCUT2D eigenvalue weighted by atomic mass is 10.2. The summed E-state index contributed by atoms with van der Waals surface area (Å²) in [6, 6.07) is 18.1. The lowest BCUT2D eigenvalue weighted by molar-refractivity contribution is 0.340. The fourth-order valence-electron chi connectivity index (χ4n) is 3.30. The second-order valence-corrected chi connectivity index (χ2v) is 6.71. The minimum Gasteiger partial charge on any atom is -0.494 e. The van der Waals surface area contributed by atoms with Gasteiger partial charge in [-0.25, -0.2) is 4.98 Å². The summed E-state index contributed by atoms with van der Waals surface area (Å²) in [6.45, 7) is 4.93. The summed E-state index contributed by atoms with van der Waals surface area (Å²) in [6.07, 6.45) is 4.30. The smallest absolute Gasteiger partial charge is 0.229 e. The van der Waals surface area contributed by atoms with Crippen LogP contribution in [0.2, 0.25) is 0 Å². The average molecular weight is 375 g/mol. The molecule has 1 fully saturated rings. The largest absolute Gasteiger partial charge is 0.494 e. The number of aromatic nitrogens is 2. The second kappa shape index (κ2) is 8.61. The zero-order valence-electron chi connectivity index (χ0n) is 16.1. The first-order valence-electron chi connectivity index (χ1n) is 9.75. The zero-order valence-corrected chi connectivity index (χ0v) is 16.1. The molecule has 0 radical (unpaired) electrons. The molecule has 4 rings (SSSR count). The van der Waals surface area contributed by atoms with Crippen molar-refractivity contribution in [2.24, 2.45) is 0 Å². The molecule has 144 valence electrons. The molecule has 3 aromatic rings. The summed E-state index contributed by atoms with van der Waals surface area (Å²) in [5.41, 5.74) is 3.19. The van der Waals surface area contributed by atoms with Crippen LogP contribution in [-0.2, 0) is 0 Å². The maximum atomic E-state index is 5.47. The van der Waals surface area contributed by atoms with E-state index in [0.29, 0.717) is 12.6 Å². The van der Waals surface area contributed by atoms with Crippen LogP contribution in [0.4, 0.5) is 28.8 Å². The van der Waals surface area contributed by atoms with E-state index in [-0.39, 0.29) is 0 Å². The second-order valence-electron chi connectivity index (χ2n) is 6.71. The molecule has 1 saturated heterocycles. The number of benzene rings is 2. The highest BCUT2D eigenvalue weighted by atomic mass is 16.5. The van der Waals surface area contributed by atoms with E-state index in [1.807, 2.05) is 37.3 Å². The Bertz CT molecular complexity index is 890. The van der Waals surface area contributed by atoms with Crippen molar-refractivity contribution >= 4 is 28.8 Å². The molecule has 0 atom stereocenters. The van der Waals surface area contributed by atoms with Crippen molar-refractivity contribution in [2.45, 2.75) is 19.8 Å². The molecule has 1 aliphatic rings. The molecule has 0 unspecified atom stereocenters. The monoisotopic (exact) mass is 375 g/mol. The predicted molar refractivity (Wildman–Crippen MR) is 114 cm³/mol. The number of anilines is 5. The fourth-order valence-corrected chi connectivity index (χ4v) is 3.30. The van der Waals surface area contributed by atoms with Crippen LogP contribution < -0.4 is 20.3 Å². The standard InChI is InChI=1S/C22H25N5O/c1-2-28-20-11-7-17(8-12-20)24-21-13-14-23-22(26-21)25-18-5-9-19(10-6-18)27-15-3-4-16-27/h5-14H,2-4,15-16H2,1H3,(H2,23,24,25,26). The van der Waals surface area contributed by atoms with Crippen LogP contribution in [0.1, 0.15) is 19.8 Å². The first kappa shape index (κ1) is 18.1. The van der Waals surface area contributed by atoms with Crippen molar-refractivity contribution in [3.63, 3.8) is 0 Å². The van der Waals surface area contributed by atoms with E-state index in [4.69, 9.17) is 4.74 Å². The molecule has 2 heterocycles. The van der Waals surface area contributed by atoms with Gasteiger partial charge in [-0.05, 0) is 74.4 Å². The van der Waals surface area contributed by atoms with Gasteiger partial charge >= 0.3 is 0 Å². The van der Waals surface area contributed by atoms with Crippen LogP contribution in [0, 0.1) is 0 Å². The van der Waals surface area contributed by atoms with Crippen LogP contribution >= 0.6 is 0 Å². The SMILES string of the molecule is CCOc1ccc(Nc2ccnc(Nc3ccc(N4CCCC4)cc3)n2)cc1. The van der Waals surface area contributed by atoms with Crippen molar-refractivity contribution in [2.75, 3.05) is 35.2 Å².